The van der Waals surface area contributed by atoms with E-state index >= 15 is 0 Å². The smallest absolute Gasteiger partial charge is 0.257 e. The first kappa shape index (κ1) is 11.7. The van der Waals surface area contributed by atoms with Crippen LogP contribution < -0.4 is 5.32 Å². The predicted octanol–water partition coefficient (Wildman–Crippen LogP) is 2.34. The van der Waals surface area contributed by atoms with Crippen molar-refractivity contribution >= 4 is 11.6 Å². The summed E-state index contributed by atoms with van der Waals surface area (Å²) in [4.78, 5) is 15.6. The SMILES string of the molecule is N#Cc1cncc(C(=O)Nc2cccc(F)c2)c1. The molecular formula is C13H8FN3O. The zero-order valence-corrected chi connectivity index (χ0v) is 9.22. The van der Waals surface area contributed by atoms with Gasteiger partial charge in [-0.15, -0.1) is 0 Å². The van der Waals surface area contributed by atoms with Crippen molar-refractivity contribution in [2.45, 2.75) is 0 Å². The number of carbonyl (C=O) groups is 1. The lowest BCUT2D eigenvalue weighted by atomic mass is 10.2. The molecule has 88 valence electrons. The first-order valence-corrected chi connectivity index (χ1v) is 5.11. The lowest BCUT2D eigenvalue weighted by Crippen LogP contribution is -2.12. The van der Waals surface area contributed by atoms with E-state index in [1.165, 1.54) is 36.7 Å². The second-order valence-corrected chi connectivity index (χ2v) is 3.54. The Balaban J connectivity index is 2.20. The van der Waals surface area contributed by atoms with E-state index in [4.69, 9.17) is 5.26 Å². The molecule has 0 unspecified atom stereocenters. The number of halogens is 1. The van der Waals surface area contributed by atoms with Crippen LogP contribution in [-0.4, -0.2) is 10.9 Å². The molecule has 18 heavy (non-hydrogen) atoms. The summed E-state index contributed by atoms with van der Waals surface area (Å²) in [5.74, 6) is -0.873. The molecule has 2 aromatic rings. The summed E-state index contributed by atoms with van der Waals surface area (Å²) >= 11 is 0. The maximum Gasteiger partial charge on any atom is 0.257 e. The first-order valence-electron chi connectivity index (χ1n) is 5.11. The molecule has 1 amide bonds. The molecule has 0 fully saturated rings. The molecule has 0 aliphatic rings. The highest BCUT2D eigenvalue weighted by atomic mass is 19.1. The van der Waals surface area contributed by atoms with Crippen molar-refractivity contribution in [3.05, 3.63) is 59.7 Å². The van der Waals surface area contributed by atoms with Gasteiger partial charge in [-0.2, -0.15) is 5.26 Å². The van der Waals surface area contributed by atoms with Crippen LogP contribution in [0.25, 0.3) is 0 Å². The van der Waals surface area contributed by atoms with E-state index in [2.05, 4.69) is 10.3 Å². The average molecular weight is 241 g/mol. The Morgan fingerprint density at radius 3 is 2.89 bits per heavy atom. The van der Waals surface area contributed by atoms with Crippen molar-refractivity contribution in [1.82, 2.24) is 4.98 Å². The number of hydrogen-bond donors (Lipinski definition) is 1. The van der Waals surface area contributed by atoms with Gasteiger partial charge in [-0.05, 0) is 24.3 Å². The number of anilines is 1. The van der Waals surface area contributed by atoms with Gasteiger partial charge in [0, 0.05) is 18.1 Å². The Bertz CT molecular complexity index is 634. The third-order valence-corrected chi connectivity index (χ3v) is 2.21. The third kappa shape index (κ3) is 2.68. The van der Waals surface area contributed by atoms with Crippen molar-refractivity contribution in [2.75, 3.05) is 5.32 Å². The number of hydrogen-bond acceptors (Lipinski definition) is 3. The number of rotatable bonds is 2. The van der Waals surface area contributed by atoms with Gasteiger partial charge in [-0.25, -0.2) is 4.39 Å². The Morgan fingerprint density at radius 2 is 2.17 bits per heavy atom. The highest BCUT2D eigenvalue weighted by molar-refractivity contribution is 6.04. The minimum atomic E-state index is -0.440. The summed E-state index contributed by atoms with van der Waals surface area (Å²) in [7, 11) is 0. The van der Waals surface area contributed by atoms with Gasteiger partial charge in [0.25, 0.3) is 5.91 Å². The molecule has 0 bridgehead atoms. The van der Waals surface area contributed by atoms with E-state index in [0.717, 1.165) is 0 Å². The van der Waals surface area contributed by atoms with Crippen molar-refractivity contribution in [3.8, 4) is 6.07 Å². The summed E-state index contributed by atoms with van der Waals surface area (Å²) in [6.07, 6.45) is 2.70. The number of amides is 1. The van der Waals surface area contributed by atoms with Gasteiger partial charge < -0.3 is 5.32 Å². The molecule has 2 rings (SSSR count). The zero-order chi connectivity index (χ0) is 13.0. The van der Waals surface area contributed by atoms with E-state index in [1.807, 2.05) is 6.07 Å². The number of carbonyl (C=O) groups excluding carboxylic acids is 1. The zero-order valence-electron chi connectivity index (χ0n) is 9.22. The Morgan fingerprint density at radius 1 is 1.33 bits per heavy atom. The second kappa shape index (κ2) is 5.06. The molecule has 0 spiro atoms. The molecule has 0 atom stereocenters. The van der Waals surface area contributed by atoms with Crippen LogP contribution in [0.1, 0.15) is 15.9 Å². The van der Waals surface area contributed by atoms with Gasteiger partial charge in [-0.1, -0.05) is 6.07 Å². The minimum absolute atomic E-state index is 0.248. The van der Waals surface area contributed by atoms with E-state index < -0.39 is 11.7 Å². The molecule has 1 heterocycles. The first-order chi connectivity index (χ1) is 8.69. The molecule has 1 aromatic heterocycles. The van der Waals surface area contributed by atoms with Crippen LogP contribution in [0.3, 0.4) is 0 Å². The summed E-state index contributed by atoms with van der Waals surface area (Å²) in [6.45, 7) is 0. The molecule has 0 radical (unpaired) electrons. The molecule has 5 heteroatoms. The number of aromatic nitrogens is 1. The van der Waals surface area contributed by atoms with E-state index in [1.54, 1.807) is 6.07 Å². The Labute approximate surface area is 103 Å². The van der Waals surface area contributed by atoms with Crippen molar-refractivity contribution in [1.29, 1.82) is 5.26 Å². The van der Waals surface area contributed by atoms with Gasteiger partial charge in [0.05, 0.1) is 11.1 Å². The van der Waals surface area contributed by atoms with E-state index in [0.29, 0.717) is 11.3 Å². The van der Waals surface area contributed by atoms with Crippen LogP contribution >= 0.6 is 0 Å². The van der Waals surface area contributed by atoms with Gasteiger partial charge in [0.2, 0.25) is 0 Å². The van der Waals surface area contributed by atoms with Crippen LogP contribution in [0.2, 0.25) is 0 Å². The van der Waals surface area contributed by atoms with Crippen molar-refractivity contribution in [3.63, 3.8) is 0 Å². The van der Waals surface area contributed by atoms with Gasteiger partial charge in [0.15, 0.2) is 0 Å². The summed E-state index contributed by atoms with van der Waals surface area (Å²) < 4.78 is 12.9. The maximum absolute atomic E-state index is 12.9. The van der Waals surface area contributed by atoms with Crippen LogP contribution in [0.4, 0.5) is 10.1 Å². The van der Waals surface area contributed by atoms with Gasteiger partial charge >= 0.3 is 0 Å². The summed E-state index contributed by atoms with van der Waals surface area (Å²) in [5, 5.41) is 11.2. The van der Waals surface area contributed by atoms with Crippen LogP contribution in [0.5, 0.6) is 0 Å². The maximum atomic E-state index is 12.9. The molecule has 0 saturated heterocycles. The van der Waals surface area contributed by atoms with Crippen molar-refractivity contribution in [2.24, 2.45) is 0 Å². The second-order valence-electron chi connectivity index (χ2n) is 3.54. The fourth-order valence-corrected chi connectivity index (χ4v) is 1.39. The third-order valence-electron chi connectivity index (χ3n) is 2.21. The number of nitriles is 1. The monoisotopic (exact) mass is 241 g/mol. The molecule has 1 N–H and O–H groups in total. The highest BCUT2D eigenvalue weighted by Crippen LogP contribution is 2.11. The van der Waals surface area contributed by atoms with Gasteiger partial charge in [-0.3, -0.25) is 9.78 Å². The standard InChI is InChI=1S/C13H8FN3O/c14-11-2-1-3-12(5-11)17-13(18)10-4-9(6-15)7-16-8-10/h1-5,7-8H,(H,17,18). The molecular weight excluding hydrogens is 233 g/mol. The Kier molecular flexibility index (Phi) is 3.30. The molecule has 0 saturated carbocycles. The van der Waals surface area contributed by atoms with Crippen LogP contribution in [-0.2, 0) is 0 Å². The topological polar surface area (TPSA) is 65.8 Å². The largest absolute Gasteiger partial charge is 0.322 e. The number of nitrogens with zero attached hydrogens (tertiary/aromatic N) is 2. The van der Waals surface area contributed by atoms with Crippen LogP contribution in [0, 0.1) is 17.1 Å². The summed E-state index contributed by atoms with van der Waals surface area (Å²) in [6, 6.07) is 8.87. The number of nitrogens with one attached hydrogen (secondary N) is 1. The molecule has 4 nitrogen and oxygen atoms in total. The lowest BCUT2D eigenvalue weighted by Gasteiger charge is -2.04. The fraction of sp³-hybridized carbons (Fsp3) is 0. The average Bonchev–Trinajstić information content (AvgIpc) is 2.39. The predicted molar refractivity (Wildman–Crippen MR) is 63.3 cm³/mol. The minimum Gasteiger partial charge on any atom is -0.322 e. The molecule has 1 aromatic carbocycles. The van der Waals surface area contributed by atoms with Crippen molar-refractivity contribution < 1.29 is 9.18 Å². The summed E-state index contributed by atoms with van der Waals surface area (Å²) in [5.41, 5.74) is 0.891. The Hall–Kier alpha value is -2.74. The normalized spacial score (nSPS) is 9.56. The van der Waals surface area contributed by atoms with E-state index in [9.17, 15) is 9.18 Å². The van der Waals surface area contributed by atoms with E-state index in [-0.39, 0.29) is 5.56 Å². The van der Waals surface area contributed by atoms with Gasteiger partial charge in [0.1, 0.15) is 11.9 Å². The fourth-order valence-electron chi connectivity index (χ4n) is 1.39. The number of pyridine rings is 1. The lowest BCUT2D eigenvalue weighted by molar-refractivity contribution is 0.102. The number of benzene rings is 1. The quantitative estimate of drug-likeness (QED) is 0.877. The van der Waals surface area contributed by atoms with Crippen LogP contribution in [0.15, 0.2) is 42.7 Å². The molecule has 0 aliphatic heterocycles. The highest BCUT2D eigenvalue weighted by Gasteiger charge is 2.07. The molecule has 0 aliphatic carbocycles.